The Kier molecular flexibility index (Phi) is 34.1. The summed E-state index contributed by atoms with van der Waals surface area (Å²) in [4.78, 5) is 54.0. The van der Waals surface area contributed by atoms with Crippen LogP contribution in [0.3, 0.4) is 0 Å². The first-order valence-electron chi connectivity index (χ1n) is 31.6. The first-order chi connectivity index (χ1) is 48.3. The number of nitrogen functional groups attached to an aromatic ring is 1. The van der Waals surface area contributed by atoms with Gasteiger partial charge >= 0.3 is 0 Å². The number of ether oxygens (including phenoxy) is 4. The Labute approximate surface area is 604 Å². The number of thioether (sulfide) groups is 1. The van der Waals surface area contributed by atoms with Crippen LogP contribution in [-0.2, 0) is 12.8 Å². The van der Waals surface area contributed by atoms with Crippen LogP contribution in [0.5, 0.6) is 34.5 Å². The van der Waals surface area contributed by atoms with Crippen molar-refractivity contribution in [3.8, 4) is 34.5 Å². The fourth-order valence-corrected chi connectivity index (χ4v) is 10.1. The number of aromatic nitrogens is 8. The van der Waals surface area contributed by atoms with Gasteiger partial charge in [-0.3, -0.25) is 14.6 Å². The number of phenols is 2. The lowest BCUT2D eigenvalue weighted by atomic mass is 10.0. The molecule has 0 amide bonds. The van der Waals surface area contributed by atoms with Gasteiger partial charge in [-0.2, -0.15) is 4.98 Å². The minimum absolute atomic E-state index is 0.102. The summed E-state index contributed by atoms with van der Waals surface area (Å²) < 4.78 is 22.1. The highest BCUT2D eigenvalue weighted by Gasteiger charge is 2.22. The number of rotatable bonds is 24. The van der Waals surface area contributed by atoms with Crippen LogP contribution >= 0.6 is 69.8 Å². The Morgan fingerprint density at radius 1 is 0.535 bits per heavy atom. The van der Waals surface area contributed by atoms with Gasteiger partial charge in [0.25, 0.3) is 11.1 Å². The number of anilines is 10. The Morgan fingerprint density at radius 2 is 1.02 bits per heavy atom. The van der Waals surface area contributed by atoms with Gasteiger partial charge in [-0.15, -0.1) is 46.4 Å². The summed E-state index contributed by atoms with van der Waals surface area (Å²) in [5.41, 5.74) is 12.6. The molecular formula is C71H79Cl5N14O8S. The molecule has 4 aromatic heterocycles. The molecule has 99 heavy (non-hydrogen) atoms. The predicted molar refractivity (Wildman–Crippen MR) is 402 cm³/mol. The molecule has 10 N–H and O–H groups in total. The topological polar surface area (TPSA) is 298 Å². The van der Waals surface area contributed by atoms with Gasteiger partial charge in [0.15, 0.2) is 5.16 Å². The molecule has 12 rings (SSSR count). The van der Waals surface area contributed by atoms with Crippen molar-refractivity contribution in [3.05, 3.63) is 220 Å². The van der Waals surface area contributed by atoms with Crippen LogP contribution in [0.1, 0.15) is 49.7 Å². The van der Waals surface area contributed by atoms with Crippen LogP contribution in [0.4, 0.5) is 57.8 Å². The summed E-state index contributed by atoms with van der Waals surface area (Å²) in [7, 11) is 0. The first-order valence-corrected chi connectivity index (χ1v) is 35.4. The second-order valence-corrected chi connectivity index (χ2v) is 23.8. The Hall–Kier alpha value is -9.36. The fourth-order valence-electron chi connectivity index (χ4n) is 9.15. The number of H-pyrrole nitrogens is 2. The van der Waals surface area contributed by atoms with Crippen LogP contribution in [0.25, 0.3) is 0 Å². The molecule has 2 aliphatic heterocycles. The second-order valence-electron chi connectivity index (χ2n) is 21.1. The van der Waals surface area contributed by atoms with Crippen molar-refractivity contribution in [1.29, 1.82) is 0 Å². The molecule has 522 valence electrons. The zero-order valence-electron chi connectivity index (χ0n) is 54.4. The minimum atomic E-state index is -0.202. The zero-order chi connectivity index (χ0) is 70.2. The van der Waals surface area contributed by atoms with E-state index in [-0.39, 0.29) is 11.1 Å². The van der Waals surface area contributed by atoms with E-state index in [1.807, 2.05) is 128 Å². The Balaban J connectivity index is 0.000000175. The lowest BCUT2D eigenvalue weighted by Gasteiger charge is -2.30. The quantitative estimate of drug-likeness (QED) is 0.00678. The molecule has 0 saturated heterocycles. The Morgan fingerprint density at radius 3 is 1.55 bits per heavy atom. The summed E-state index contributed by atoms with van der Waals surface area (Å²) in [6.45, 7) is 4.27. The number of nitrogens with two attached hydrogens (primary N) is 1. The number of hydrogen-bond donors (Lipinski definition) is 9. The van der Waals surface area contributed by atoms with E-state index >= 15 is 0 Å². The SMILES string of the molecule is CSc1nccc(=O)[nH]1.ClCCCOc1cccc(Nc2nccc(Cl)n2)c1.Nc1cccc(OCCCCl)c1.O=c1ccnc(Nc2cccc(OCCCCl)c2)[nH]1.Oc1cccc2c1CCCN2.Oc1cccc2c1CCCN2c1ccnc(Nc2cccc(OCCCCl)c2)n1. The molecule has 28 heteroatoms. The first kappa shape index (κ1) is 77.0. The fraction of sp³-hybridized carbons (Fsp3) is 0.268. The third-order valence-electron chi connectivity index (χ3n) is 13.7. The van der Waals surface area contributed by atoms with Crippen LogP contribution in [0.2, 0.25) is 5.15 Å². The van der Waals surface area contributed by atoms with E-state index in [0.29, 0.717) is 89.6 Å². The van der Waals surface area contributed by atoms with Gasteiger partial charge in [-0.1, -0.05) is 59.8 Å². The molecule has 0 aliphatic carbocycles. The molecule has 0 fully saturated rings. The van der Waals surface area contributed by atoms with E-state index in [0.717, 1.165) is 139 Å². The number of benzene rings is 6. The molecule has 0 radical (unpaired) electrons. The van der Waals surface area contributed by atoms with Gasteiger partial charge in [0.2, 0.25) is 17.8 Å². The van der Waals surface area contributed by atoms with Crippen LogP contribution in [0.15, 0.2) is 197 Å². The number of nitrogens with one attached hydrogen (secondary N) is 6. The second kappa shape index (κ2) is 43.8. The summed E-state index contributed by atoms with van der Waals surface area (Å²) in [5.74, 6) is 8.38. The highest BCUT2D eigenvalue weighted by atomic mass is 35.5. The van der Waals surface area contributed by atoms with Crippen molar-refractivity contribution in [1.82, 2.24) is 39.9 Å². The maximum absolute atomic E-state index is 11.1. The standard InChI is InChI=1S/C22H23ClN4O2.C13H13Cl2N3O.C13H14ClN3O2.C9H12ClNO.C9H11NO.C5H6N2OS/c23-11-4-14-29-17-6-1-5-16(15-17)25-22-24-12-10-21(26-22)27-13-3-7-18-19(27)8-2-9-20(18)28;14-6-2-8-19-11-4-1-3-10(9-11)17-13-16-7-5-12(15)18-13;14-6-2-8-19-11-4-1-3-10(9-11)16-13-15-7-5-12(18)17-13;10-5-2-6-12-9-4-1-3-8(11)7-9;11-9-5-1-4-8-7(9)3-2-6-10-8;1-9-5-6-3-2-4(8)7-5/h1-2,5-6,8-10,12,15,28H,3-4,7,11,13-14H2,(H,24,25,26);1,3-5,7,9H,2,6,8H2,(H,16,17,18);1,3-5,7,9H,2,6,8H2,(H2,15,16,17,18);1,3-4,7H,2,5-6,11H2;1,4-5,10-11H,2-3,6H2;2-3H,1H3,(H,6,7,8). The van der Waals surface area contributed by atoms with E-state index in [2.05, 4.69) is 66.0 Å². The van der Waals surface area contributed by atoms with Crippen molar-refractivity contribution >= 4 is 128 Å². The van der Waals surface area contributed by atoms with Gasteiger partial charge < -0.3 is 66.0 Å². The van der Waals surface area contributed by atoms with E-state index in [9.17, 15) is 19.8 Å². The summed E-state index contributed by atoms with van der Waals surface area (Å²) in [6.07, 6.45) is 15.3. The van der Waals surface area contributed by atoms with E-state index in [4.69, 9.17) is 82.7 Å². The maximum Gasteiger partial charge on any atom is 0.252 e. The summed E-state index contributed by atoms with van der Waals surface area (Å²) in [5, 5.41) is 33.2. The number of halogens is 5. The average Bonchev–Trinajstić information content (AvgIpc) is 0.797. The maximum atomic E-state index is 11.1. The average molecular weight is 1470 g/mol. The van der Waals surface area contributed by atoms with Crippen LogP contribution < -0.4 is 62.0 Å². The molecule has 0 atom stereocenters. The van der Waals surface area contributed by atoms with Gasteiger partial charge in [0.1, 0.15) is 45.5 Å². The van der Waals surface area contributed by atoms with Crippen molar-refractivity contribution in [2.45, 2.75) is 56.5 Å². The lowest BCUT2D eigenvalue weighted by Crippen LogP contribution is -2.25. The van der Waals surface area contributed by atoms with E-state index in [1.165, 1.54) is 36.3 Å². The highest BCUT2D eigenvalue weighted by molar-refractivity contribution is 7.98. The normalized spacial score (nSPS) is 11.5. The van der Waals surface area contributed by atoms with Crippen molar-refractivity contribution in [2.75, 3.05) is 101 Å². The molecule has 6 aromatic carbocycles. The van der Waals surface area contributed by atoms with Crippen molar-refractivity contribution in [3.63, 3.8) is 0 Å². The number of fused-ring (bicyclic) bond motifs is 2. The summed E-state index contributed by atoms with van der Waals surface area (Å²) >= 11 is 29.6. The molecule has 6 heterocycles. The van der Waals surface area contributed by atoms with Crippen molar-refractivity contribution in [2.24, 2.45) is 0 Å². The molecule has 0 saturated carbocycles. The monoisotopic (exact) mass is 1460 g/mol. The molecule has 2 aliphatic rings. The number of hydrogen-bond acceptors (Lipinski definition) is 21. The number of alkyl halides is 4. The molecular weight excluding hydrogens is 1390 g/mol. The number of aromatic hydroxyl groups is 2. The largest absolute Gasteiger partial charge is 0.508 e. The third kappa shape index (κ3) is 28.2. The smallest absolute Gasteiger partial charge is 0.252 e. The third-order valence-corrected chi connectivity index (χ3v) is 15.5. The number of aromatic amines is 2. The highest BCUT2D eigenvalue weighted by Crippen LogP contribution is 2.38. The Bertz CT molecular complexity index is 4150. The van der Waals surface area contributed by atoms with Gasteiger partial charge in [0, 0.05) is 143 Å². The molecule has 0 spiro atoms. The zero-order valence-corrected chi connectivity index (χ0v) is 59.0. The molecule has 10 aromatic rings. The van der Waals surface area contributed by atoms with Crippen LogP contribution in [-0.4, -0.2) is 119 Å². The predicted octanol–water partition coefficient (Wildman–Crippen LogP) is 15.9. The number of nitrogens with zero attached hydrogens (tertiary/aromatic N) is 7. The van der Waals surface area contributed by atoms with Crippen molar-refractivity contribution < 1.29 is 29.2 Å². The van der Waals surface area contributed by atoms with E-state index < -0.39 is 0 Å². The van der Waals surface area contributed by atoms with Gasteiger partial charge in [0.05, 0.1) is 26.4 Å². The van der Waals surface area contributed by atoms with Gasteiger partial charge in [-0.05, 0) is 143 Å². The molecule has 22 nitrogen and oxygen atoms in total. The van der Waals surface area contributed by atoms with E-state index in [1.54, 1.807) is 36.7 Å². The lowest BCUT2D eigenvalue weighted by molar-refractivity contribution is 0.318. The molecule has 0 bridgehead atoms. The number of phenolic OH excluding ortho intramolecular Hbond substituents is 2. The summed E-state index contributed by atoms with van der Waals surface area (Å²) in [6, 6.07) is 47.5. The van der Waals surface area contributed by atoms with Crippen LogP contribution in [0, 0.1) is 0 Å². The van der Waals surface area contributed by atoms with Gasteiger partial charge in [-0.25, -0.2) is 24.9 Å². The molecule has 0 unspecified atom stereocenters. The minimum Gasteiger partial charge on any atom is -0.508 e.